The topological polar surface area (TPSA) is 69.6 Å². The number of benzene rings is 1. The van der Waals surface area contributed by atoms with E-state index in [0.29, 0.717) is 19.5 Å². The molecule has 0 radical (unpaired) electrons. The number of carbonyl (C=O) groups is 2. The second-order valence-electron chi connectivity index (χ2n) is 10.4. The Bertz CT molecular complexity index is 778. The van der Waals surface area contributed by atoms with Crippen LogP contribution >= 0.6 is 0 Å². The molecule has 0 heterocycles. The van der Waals surface area contributed by atoms with Crippen LogP contribution in [0.1, 0.15) is 65.9 Å². The van der Waals surface area contributed by atoms with Crippen molar-refractivity contribution in [2.24, 2.45) is 29.1 Å². The minimum absolute atomic E-state index is 0.0256. The summed E-state index contributed by atoms with van der Waals surface area (Å²) in [6, 6.07) is 9.88. The van der Waals surface area contributed by atoms with Crippen LogP contribution in [0, 0.1) is 29.1 Å². The number of rotatable bonds is 7. The Morgan fingerprint density at radius 2 is 1.78 bits per heavy atom. The van der Waals surface area contributed by atoms with E-state index in [0.717, 1.165) is 31.2 Å². The van der Waals surface area contributed by atoms with Gasteiger partial charge in [0, 0.05) is 25.0 Å². The summed E-state index contributed by atoms with van der Waals surface area (Å²) in [5, 5.41) is 14.8. The number of hydrogen-bond acceptors (Lipinski definition) is 3. The lowest BCUT2D eigenvalue weighted by molar-refractivity contribution is -0.150. The van der Waals surface area contributed by atoms with Gasteiger partial charge in [-0.15, -0.1) is 0 Å². The SMILES string of the molecule is CCN(CC)C(=O)[C@@H](C)[C@@H]1CC[C@]2(C)CC[C@H](NC(=O)Cc3ccccc3)[C@@H](C)[C@@H]2[C@H]1O. The Balaban J connectivity index is 1.70. The molecule has 0 saturated heterocycles. The number of nitrogens with one attached hydrogen (secondary N) is 1. The maximum Gasteiger partial charge on any atom is 0.225 e. The van der Waals surface area contributed by atoms with Crippen molar-refractivity contribution in [3.63, 3.8) is 0 Å². The molecule has 2 fully saturated rings. The Morgan fingerprint density at radius 1 is 1.16 bits per heavy atom. The van der Waals surface area contributed by atoms with Gasteiger partial charge in [0.2, 0.25) is 11.8 Å². The molecule has 7 atom stereocenters. The van der Waals surface area contributed by atoms with Crippen molar-refractivity contribution in [3.8, 4) is 0 Å². The Hall–Kier alpha value is -1.88. The van der Waals surface area contributed by atoms with E-state index in [1.165, 1.54) is 0 Å². The standard InChI is InChI=1S/C27H42N2O3/c1-6-29(7-2)26(32)18(3)21-13-15-27(5)16-14-22(19(4)24(27)25(21)31)28-23(30)17-20-11-9-8-10-12-20/h8-12,18-19,21-22,24-25,31H,6-7,13-17H2,1-5H3,(H,28,30)/t18-,19+,21-,22-,24+,25-,27+/m0/s1. The van der Waals surface area contributed by atoms with E-state index in [1.807, 2.05) is 56.0 Å². The Kier molecular flexibility index (Phi) is 8.02. The second-order valence-corrected chi connectivity index (χ2v) is 10.4. The minimum atomic E-state index is -0.521. The number of fused-ring (bicyclic) bond motifs is 1. The molecule has 2 N–H and O–H groups in total. The molecule has 0 spiro atoms. The summed E-state index contributed by atoms with van der Waals surface area (Å²) < 4.78 is 0. The summed E-state index contributed by atoms with van der Waals surface area (Å²) in [6.07, 6.45) is 3.73. The molecule has 5 nitrogen and oxygen atoms in total. The van der Waals surface area contributed by atoms with Gasteiger partial charge >= 0.3 is 0 Å². The molecule has 1 aromatic rings. The summed E-state index contributed by atoms with van der Waals surface area (Å²) in [5.74, 6) is 0.241. The zero-order valence-electron chi connectivity index (χ0n) is 20.5. The molecule has 2 aliphatic carbocycles. The summed E-state index contributed by atoms with van der Waals surface area (Å²) in [6.45, 7) is 11.9. The number of carbonyl (C=O) groups excluding carboxylic acids is 2. The molecular weight excluding hydrogens is 400 g/mol. The summed E-state index contributed by atoms with van der Waals surface area (Å²) in [5.41, 5.74) is 1.08. The lowest BCUT2D eigenvalue weighted by atomic mass is 9.51. The van der Waals surface area contributed by atoms with Crippen LogP contribution in [0.15, 0.2) is 30.3 Å². The van der Waals surface area contributed by atoms with E-state index in [9.17, 15) is 14.7 Å². The predicted molar refractivity (Wildman–Crippen MR) is 128 cm³/mol. The minimum Gasteiger partial charge on any atom is -0.392 e. The third-order valence-corrected chi connectivity index (χ3v) is 8.55. The molecule has 32 heavy (non-hydrogen) atoms. The van der Waals surface area contributed by atoms with Crippen molar-refractivity contribution < 1.29 is 14.7 Å². The third kappa shape index (κ3) is 5.03. The van der Waals surface area contributed by atoms with E-state index < -0.39 is 6.10 Å². The van der Waals surface area contributed by atoms with E-state index in [2.05, 4.69) is 19.2 Å². The van der Waals surface area contributed by atoms with E-state index in [1.54, 1.807) is 0 Å². The average Bonchev–Trinajstić information content (AvgIpc) is 2.77. The van der Waals surface area contributed by atoms with Crippen LogP contribution < -0.4 is 5.32 Å². The zero-order chi connectivity index (χ0) is 23.5. The fraction of sp³-hybridized carbons (Fsp3) is 0.704. The van der Waals surface area contributed by atoms with Gasteiger partial charge in [-0.05, 0) is 68.3 Å². The predicted octanol–water partition coefficient (Wildman–Crippen LogP) is 4.04. The molecule has 0 aromatic heterocycles. The van der Waals surface area contributed by atoms with Gasteiger partial charge < -0.3 is 15.3 Å². The Labute approximate surface area is 194 Å². The second kappa shape index (κ2) is 10.4. The molecule has 2 saturated carbocycles. The molecule has 3 rings (SSSR count). The van der Waals surface area contributed by atoms with Gasteiger partial charge in [-0.2, -0.15) is 0 Å². The number of aliphatic hydroxyl groups excluding tert-OH is 1. The van der Waals surface area contributed by atoms with Crippen LogP contribution in [0.5, 0.6) is 0 Å². The van der Waals surface area contributed by atoms with Crippen molar-refractivity contribution in [3.05, 3.63) is 35.9 Å². The lowest BCUT2D eigenvalue weighted by Crippen LogP contribution is -2.58. The molecule has 0 unspecified atom stereocenters. The van der Waals surface area contributed by atoms with Gasteiger partial charge in [-0.3, -0.25) is 9.59 Å². The van der Waals surface area contributed by atoms with Crippen molar-refractivity contribution in [2.75, 3.05) is 13.1 Å². The maximum atomic E-state index is 13.0. The summed E-state index contributed by atoms with van der Waals surface area (Å²) in [7, 11) is 0. The monoisotopic (exact) mass is 442 g/mol. The normalized spacial score (nSPS) is 33.1. The first kappa shape index (κ1) is 24.8. The molecule has 1 aromatic carbocycles. The highest BCUT2D eigenvalue weighted by atomic mass is 16.3. The van der Waals surface area contributed by atoms with Crippen LogP contribution in [0.2, 0.25) is 0 Å². The van der Waals surface area contributed by atoms with Gasteiger partial charge in [-0.1, -0.05) is 51.1 Å². The van der Waals surface area contributed by atoms with Gasteiger partial charge in [0.25, 0.3) is 0 Å². The quantitative estimate of drug-likeness (QED) is 0.670. The fourth-order valence-electron chi connectivity index (χ4n) is 6.54. The third-order valence-electron chi connectivity index (χ3n) is 8.55. The van der Waals surface area contributed by atoms with E-state index >= 15 is 0 Å². The molecule has 0 bridgehead atoms. The summed E-state index contributed by atoms with van der Waals surface area (Å²) in [4.78, 5) is 27.6. The van der Waals surface area contributed by atoms with E-state index in [4.69, 9.17) is 0 Å². The fourth-order valence-corrected chi connectivity index (χ4v) is 6.54. The molecule has 5 heteroatoms. The number of aliphatic hydroxyl groups is 1. The average molecular weight is 443 g/mol. The smallest absolute Gasteiger partial charge is 0.225 e. The van der Waals surface area contributed by atoms with Gasteiger partial charge in [0.05, 0.1) is 12.5 Å². The van der Waals surface area contributed by atoms with Gasteiger partial charge in [0.1, 0.15) is 0 Å². The van der Waals surface area contributed by atoms with Crippen molar-refractivity contribution in [2.45, 2.75) is 78.9 Å². The van der Waals surface area contributed by atoms with E-state index in [-0.39, 0.29) is 46.9 Å². The first-order valence-corrected chi connectivity index (χ1v) is 12.5. The van der Waals surface area contributed by atoms with Crippen LogP contribution in [0.4, 0.5) is 0 Å². The molecule has 2 aliphatic rings. The first-order valence-electron chi connectivity index (χ1n) is 12.5. The Morgan fingerprint density at radius 3 is 2.41 bits per heavy atom. The molecular formula is C27H42N2O3. The van der Waals surface area contributed by atoms with Crippen LogP contribution in [0.3, 0.4) is 0 Å². The maximum absolute atomic E-state index is 13.0. The highest BCUT2D eigenvalue weighted by molar-refractivity contribution is 5.79. The molecule has 2 amide bonds. The van der Waals surface area contributed by atoms with Gasteiger partial charge in [0.15, 0.2) is 0 Å². The number of hydrogen-bond donors (Lipinski definition) is 2. The van der Waals surface area contributed by atoms with Crippen molar-refractivity contribution >= 4 is 11.8 Å². The highest BCUT2D eigenvalue weighted by Gasteiger charge is 2.54. The molecule has 0 aliphatic heterocycles. The van der Waals surface area contributed by atoms with Crippen molar-refractivity contribution in [1.29, 1.82) is 0 Å². The van der Waals surface area contributed by atoms with Crippen LogP contribution in [-0.2, 0) is 16.0 Å². The van der Waals surface area contributed by atoms with Crippen LogP contribution in [0.25, 0.3) is 0 Å². The van der Waals surface area contributed by atoms with Gasteiger partial charge in [-0.25, -0.2) is 0 Å². The largest absolute Gasteiger partial charge is 0.392 e. The lowest BCUT2D eigenvalue weighted by Gasteiger charge is -2.56. The zero-order valence-corrected chi connectivity index (χ0v) is 20.5. The number of nitrogens with zero attached hydrogens (tertiary/aromatic N) is 1. The number of amides is 2. The van der Waals surface area contributed by atoms with Crippen molar-refractivity contribution in [1.82, 2.24) is 10.2 Å². The summed E-state index contributed by atoms with van der Waals surface area (Å²) >= 11 is 0. The highest BCUT2D eigenvalue weighted by Crippen LogP contribution is 2.55. The van der Waals surface area contributed by atoms with Crippen LogP contribution in [-0.4, -0.2) is 47.1 Å². The molecule has 178 valence electrons. The first-order chi connectivity index (χ1) is 15.2.